The number of rotatable bonds is 4. The summed E-state index contributed by atoms with van der Waals surface area (Å²) in [6.07, 6.45) is 0. The summed E-state index contributed by atoms with van der Waals surface area (Å²) < 4.78 is 10.2. The lowest BCUT2D eigenvalue weighted by atomic mass is 10.1. The van der Waals surface area contributed by atoms with Crippen LogP contribution in [-0.2, 0) is 6.54 Å². The lowest BCUT2D eigenvalue weighted by molar-refractivity contribution is 0.403. The molecule has 0 bridgehead atoms. The molecule has 6 nitrogen and oxygen atoms in total. The quantitative estimate of drug-likeness (QED) is 0.507. The second-order valence-corrected chi connectivity index (χ2v) is 5.01. The molecule has 1 aromatic heterocycles. The minimum Gasteiger partial charge on any atom is -0.504 e. The summed E-state index contributed by atoms with van der Waals surface area (Å²) in [4.78, 5) is 11.7. The average molecular weight is 313 g/mol. The number of aromatic hydroxyl groups is 2. The Morgan fingerprint density at radius 3 is 2.70 bits per heavy atom. The zero-order chi connectivity index (χ0) is 16.4. The zero-order valence-electron chi connectivity index (χ0n) is 12.4. The summed E-state index contributed by atoms with van der Waals surface area (Å²) in [5.41, 5.74) is 1.17. The molecule has 118 valence electrons. The zero-order valence-corrected chi connectivity index (χ0v) is 12.4. The van der Waals surface area contributed by atoms with Gasteiger partial charge in [-0.15, -0.1) is 0 Å². The van der Waals surface area contributed by atoms with Gasteiger partial charge in [-0.2, -0.15) is 0 Å². The van der Waals surface area contributed by atoms with Crippen molar-refractivity contribution in [3.8, 4) is 17.2 Å². The van der Waals surface area contributed by atoms with Crippen molar-refractivity contribution >= 4 is 16.7 Å². The summed E-state index contributed by atoms with van der Waals surface area (Å²) in [6, 6.07) is 11.3. The Bertz CT molecular complexity index is 916. The molecular formula is C17H15NO5. The van der Waals surface area contributed by atoms with Crippen LogP contribution in [0.3, 0.4) is 0 Å². The van der Waals surface area contributed by atoms with Crippen LogP contribution in [0.25, 0.3) is 11.0 Å². The summed E-state index contributed by atoms with van der Waals surface area (Å²) in [5, 5.41) is 22.9. The van der Waals surface area contributed by atoms with Crippen LogP contribution in [0, 0.1) is 0 Å². The molecule has 3 rings (SSSR count). The summed E-state index contributed by atoms with van der Waals surface area (Å²) in [7, 11) is 1.59. The number of anilines is 1. The highest BCUT2D eigenvalue weighted by atomic mass is 16.5. The van der Waals surface area contributed by atoms with Crippen LogP contribution in [0.1, 0.15) is 5.56 Å². The molecule has 0 unspecified atom stereocenters. The van der Waals surface area contributed by atoms with Crippen LogP contribution in [0.15, 0.2) is 51.7 Å². The predicted octanol–water partition coefficient (Wildman–Crippen LogP) is 2.82. The molecule has 6 heteroatoms. The van der Waals surface area contributed by atoms with E-state index in [2.05, 4.69) is 5.32 Å². The Labute approximate surface area is 131 Å². The smallest absolute Gasteiger partial charge is 0.336 e. The first-order valence-corrected chi connectivity index (χ1v) is 6.93. The number of hydrogen-bond acceptors (Lipinski definition) is 6. The molecule has 0 saturated carbocycles. The van der Waals surface area contributed by atoms with Gasteiger partial charge in [0.15, 0.2) is 11.5 Å². The molecule has 0 amide bonds. The van der Waals surface area contributed by atoms with Crippen LogP contribution in [0.2, 0.25) is 0 Å². The van der Waals surface area contributed by atoms with E-state index in [-0.39, 0.29) is 17.1 Å². The van der Waals surface area contributed by atoms with Crippen LogP contribution >= 0.6 is 0 Å². The molecule has 0 aliphatic carbocycles. The van der Waals surface area contributed by atoms with Crippen LogP contribution in [0.4, 0.5) is 5.69 Å². The first-order chi connectivity index (χ1) is 11.1. The maximum Gasteiger partial charge on any atom is 0.336 e. The lowest BCUT2D eigenvalue weighted by Gasteiger charge is -2.10. The summed E-state index contributed by atoms with van der Waals surface area (Å²) >= 11 is 0. The minimum absolute atomic E-state index is 0.218. The molecule has 0 fully saturated rings. The van der Waals surface area contributed by atoms with E-state index >= 15 is 0 Å². The SMILES string of the molecule is COc1cccc(NCc2cc(=O)oc3cc(O)c(O)cc23)c1. The fourth-order valence-corrected chi connectivity index (χ4v) is 2.33. The summed E-state index contributed by atoms with van der Waals surface area (Å²) in [5.74, 6) is 0.113. The van der Waals surface area contributed by atoms with Gasteiger partial charge in [0, 0.05) is 35.8 Å². The van der Waals surface area contributed by atoms with Gasteiger partial charge in [0.05, 0.1) is 7.11 Å². The highest BCUT2D eigenvalue weighted by Crippen LogP contribution is 2.31. The normalized spacial score (nSPS) is 10.7. The Morgan fingerprint density at radius 2 is 1.91 bits per heavy atom. The van der Waals surface area contributed by atoms with E-state index in [4.69, 9.17) is 9.15 Å². The van der Waals surface area contributed by atoms with Crippen LogP contribution in [0.5, 0.6) is 17.2 Å². The molecule has 3 N–H and O–H groups in total. The van der Waals surface area contributed by atoms with E-state index in [9.17, 15) is 15.0 Å². The van der Waals surface area contributed by atoms with Crippen molar-refractivity contribution in [2.45, 2.75) is 6.54 Å². The van der Waals surface area contributed by atoms with Gasteiger partial charge >= 0.3 is 5.63 Å². The molecule has 2 aromatic carbocycles. The van der Waals surface area contributed by atoms with Gasteiger partial charge in [0.25, 0.3) is 0 Å². The second-order valence-electron chi connectivity index (χ2n) is 5.01. The number of phenols is 2. The van der Waals surface area contributed by atoms with Crippen LogP contribution in [-0.4, -0.2) is 17.3 Å². The van der Waals surface area contributed by atoms with Gasteiger partial charge in [0.1, 0.15) is 11.3 Å². The van der Waals surface area contributed by atoms with E-state index in [1.807, 2.05) is 24.3 Å². The van der Waals surface area contributed by atoms with Crippen molar-refractivity contribution in [1.29, 1.82) is 0 Å². The van der Waals surface area contributed by atoms with Crippen molar-refractivity contribution in [3.05, 3.63) is 58.4 Å². The molecule has 0 radical (unpaired) electrons. The van der Waals surface area contributed by atoms with E-state index in [1.165, 1.54) is 18.2 Å². The fourth-order valence-electron chi connectivity index (χ4n) is 2.33. The molecule has 0 spiro atoms. The van der Waals surface area contributed by atoms with Crippen molar-refractivity contribution in [3.63, 3.8) is 0 Å². The lowest BCUT2D eigenvalue weighted by Crippen LogP contribution is -2.05. The topological polar surface area (TPSA) is 91.9 Å². The third kappa shape index (κ3) is 3.06. The maximum absolute atomic E-state index is 11.7. The maximum atomic E-state index is 11.7. The number of phenolic OH excluding ortho intramolecular Hbond substituents is 2. The van der Waals surface area contributed by atoms with E-state index in [1.54, 1.807) is 7.11 Å². The monoisotopic (exact) mass is 313 g/mol. The number of methoxy groups -OCH3 is 1. The second kappa shape index (κ2) is 5.92. The molecular weight excluding hydrogens is 298 g/mol. The van der Waals surface area contributed by atoms with Gasteiger partial charge < -0.3 is 24.7 Å². The van der Waals surface area contributed by atoms with Gasteiger partial charge in [-0.3, -0.25) is 0 Å². The van der Waals surface area contributed by atoms with E-state index in [0.717, 1.165) is 11.4 Å². The minimum atomic E-state index is -0.523. The molecule has 0 saturated heterocycles. The van der Waals surface area contributed by atoms with Crippen molar-refractivity contribution in [2.75, 3.05) is 12.4 Å². The number of benzene rings is 2. The predicted molar refractivity (Wildman–Crippen MR) is 86.1 cm³/mol. The first-order valence-electron chi connectivity index (χ1n) is 6.93. The van der Waals surface area contributed by atoms with Crippen molar-refractivity contribution in [2.24, 2.45) is 0 Å². The highest BCUT2D eigenvalue weighted by molar-refractivity contribution is 5.84. The highest BCUT2D eigenvalue weighted by Gasteiger charge is 2.10. The van der Waals surface area contributed by atoms with Gasteiger partial charge in [-0.1, -0.05) is 6.07 Å². The van der Waals surface area contributed by atoms with E-state index < -0.39 is 5.63 Å². The van der Waals surface area contributed by atoms with E-state index in [0.29, 0.717) is 17.5 Å². The third-order valence-electron chi connectivity index (χ3n) is 3.48. The molecule has 1 heterocycles. The number of hydrogen-bond donors (Lipinski definition) is 3. The number of fused-ring (bicyclic) bond motifs is 1. The van der Waals surface area contributed by atoms with Crippen LogP contribution < -0.4 is 15.7 Å². The number of nitrogens with one attached hydrogen (secondary N) is 1. The molecule has 0 aliphatic heterocycles. The first kappa shape index (κ1) is 14.8. The van der Waals surface area contributed by atoms with Gasteiger partial charge in [0.2, 0.25) is 0 Å². The summed E-state index contributed by atoms with van der Waals surface area (Å²) in [6.45, 7) is 0.347. The molecule has 0 aliphatic rings. The fraction of sp³-hybridized carbons (Fsp3) is 0.118. The Morgan fingerprint density at radius 1 is 1.13 bits per heavy atom. The standard InChI is InChI=1S/C17H15NO5/c1-22-12-4-2-3-11(6-12)18-9-10-5-17(21)23-16-8-15(20)14(19)7-13(10)16/h2-8,18-20H,9H2,1H3. The molecule has 3 aromatic rings. The Balaban J connectivity index is 1.96. The largest absolute Gasteiger partial charge is 0.504 e. The third-order valence-corrected chi connectivity index (χ3v) is 3.48. The van der Waals surface area contributed by atoms with Crippen molar-refractivity contribution in [1.82, 2.24) is 0 Å². The molecule has 0 atom stereocenters. The molecule has 23 heavy (non-hydrogen) atoms. The number of ether oxygens (including phenoxy) is 1. The van der Waals surface area contributed by atoms with Gasteiger partial charge in [-0.05, 0) is 23.8 Å². The Hall–Kier alpha value is -3.15. The Kier molecular flexibility index (Phi) is 3.80. The van der Waals surface area contributed by atoms with Gasteiger partial charge in [-0.25, -0.2) is 4.79 Å². The average Bonchev–Trinajstić information content (AvgIpc) is 2.54. The van der Waals surface area contributed by atoms with Crippen molar-refractivity contribution < 1.29 is 19.4 Å².